The van der Waals surface area contributed by atoms with Crippen LogP contribution in [0.15, 0.2) is 0 Å². The third-order valence-electron chi connectivity index (χ3n) is 4.15. The van der Waals surface area contributed by atoms with E-state index in [0.29, 0.717) is 19.6 Å². The number of rotatable bonds is 8. The van der Waals surface area contributed by atoms with Gasteiger partial charge in [-0.3, -0.25) is 0 Å². The molecule has 0 aromatic heterocycles. The first-order chi connectivity index (χ1) is 8.73. The molecule has 0 bridgehead atoms. The molecular formula is C14H24O4. The standard InChI is InChI=1S/C14H24O4/c15-13(16)14(11-18-14)8-4-9-17-10-7-12-5-2-1-3-6-12/h12H,1-11H2,(H,15,16). The smallest absolute Gasteiger partial charge is 0.338 e. The topological polar surface area (TPSA) is 59.1 Å². The van der Waals surface area contributed by atoms with Crippen LogP contribution in [0.3, 0.4) is 0 Å². The fourth-order valence-corrected chi connectivity index (χ4v) is 2.75. The van der Waals surface area contributed by atoms with Gasteiger partial charge in [-0.2, -0.15) is 0 Å². The Morgan fingerprint density at radius 2 is 2.00 bits per heavy atom. The van der Waals surface area contributed by atoms with Crippen molar-refractivity contribution < 1.29 is 19.4 Å². The molecule has 1 heterocycles. The average molecular weight is 256 g/mol. The summed E-state index contributed by atoms with van der Waals surface area (Å²) < 4.78 is 10.6. The van der Waals surface area contributed by atoms with Crippen LogP contribution >= 0.6 is 0 Å². The Balaban J connectivity index is 1.45. The Bertz CT molecular complexity index is 267. The third kappa shape index (κ3) is 3.95. The normalized spacial score (nSPS) is 28.2. The molecule has 2 fully saturated rings. The maximum atomic E-state index is 10.8. The van der Waals surface area contributed by atoms with Crippen LogP contribution in [-0.2, 0) is 14.3 Å². The maximum Gasteiger partial charge on any atom is 0.338 e. The van der Waals surface area contributed by atoms with Crippen molar-refractivity contribution in [3.05, 3.63) is 0 Å². The van der Waals surface area contributed by atoms with Crippen molar-refractivity contribution in [2.45, 2.75) is 57.0 Å². The average Bonchev–Trinajstić information content (AvgIpc) is 3.16. The predicted octanol–water partition coefficient (Wildman–Crippen LogP) is 2.61. The van der Waals surface area contributed by atoms with Gasteiger partial charge in [-0.15, -0.1) is 0 Å². The highest BCUT2D eigenvalue weighted by atomic mass is 16.6. The summed E-state index contributed by atoms with van der Waals surface area (Å²) in [4.78, 5) is 10.8. The van der Waals surface area contributed by atoms with E-state index in [1.165, 1.54) is 38.5 Å². The summed E-state index contributed by atoms with van der Waals surface area (Å²) in [5.41, 5.74) is -0.868. The fourth-order valence-electron chi connectivity index (χ4n) is 2.75. The zero-order chi connectivity index (χ0) is 12.8. The van der Waals surface area contributed by atoms with Crippen molar-refractivity contribution in [3.8, 4) is 0 Å². The molecule has 4 heteroatoms. The summed E-state index contributed by atoms with van der Waals surface area (Å²) in [5, 5.41) is 8.91. The van der Waals surface area contributed by atoms with Gasteiger partial charge in [0.15, 0.2) is 5.60 Å². The van der Waals surface area contributed by atoms with Gasteiger partial charge in [-0.25, -0.2) is 4.79 Å². The van der Waals surface area contributed by atoms with Crippen LogP contribution in [0, 0.1) is 5.92 Å². The Morgan fingerprint density at radius 1 is 1.28 bits per heavy atom. The fraction of sp³-hybridized carbons (Fsp3) is 0.929. The zero-order valence-corrected chi connectivity index (χ0v) is 11.0. The largest absolute Gasteiger partial charge is 0.479 e. The van der Waals surface area contributed by atoms with Gasteiger partial charge in [0.05, 0.1) is 6.61 Å². The van der Waals surface area contributed by atoms with E-state index in [9.17, 15) is 4.79 Å². The molecule has 1 aliphatic heterocycles. The summed E-state index contributed by atoms with van der Waals surface area (Å²) in [6, 6.07) is 0. The van der Waals surface area contributed by atoms with Crippen LogP contribution < -0.4 is 0 Å². The summed E-state index contributed by atoms with van der Waals surface area (Å²) in [7, 11) is 0. The summed E-state index contributed by atoms with van der Waals surface area (Å²) in [5.74, 6) is 0.0283. The molecular weight excluding hydrogens is 232 g/mol. The number of carboxylic acids is 1. The van der Waals surface area contributed by atoms with Gasteiger partial charge in [-0.1, -0.05) is 32.1 Å². The van der Waals surface area contributed by atoms with Crippen molar-refractivity contribution in [1.29, 1.82) is 0 Å². The van der Waals surface area contributed by atoms with Crippen molar-refractivity contribution in [2.75, 3.05) is 19.8 Å². The number of hydrogen-bond acceptors (Lipinski definition) is 3. The lowest BCUT2D eigenvalue weighted by Crippen LogP contribution is -2.24. The van der Waals surface area contributed by atoms with E-state index in [0.717, 1.165) is 18.9 Å². The third-order valence-corrected chi connectivity index (χ3v) is 4.15. The van der Waals surface area contributed by atoms with Crippen molar-refractivity contribution in [3.63, 3.8) is 0 Å². The first-order valence-corrected chi connectivity index (χ1v) is 7.18. The highest BCUT2D eigenvalue weighted by Gasteiger charge is 2.51. The van der Waals surface area contributed by atoms with Gasteiger partial charge in [0, 0.05) is 13.2 Å². The monoisotopic (exact) mass is 256 g/mol. The van der Waals surface area contributed by atoms with E-state index in [4.69, 9.17) is 14.6 Å². The van der Waals surface area contributed by atoms with Crippen molar-refractivity contribution >= 4 is 5.97 Å². The maximum absolute atomic E-state index is 10.8. The lowest BCUT2D eigenvalue weighted by molar-refractivity contribution is -0.143. The van der Waals surface area contributed by atoms with Gasteiger partial charge in [0.25, 0.3) is 0 Å². The lowest BCUT2D eigenvalue weighted by Gasteiger charge is -2.21. The molecule has 0 amide bonds. The molecule has 1 unspecified atom stereocenters. The molecule has 0 aromatic carbocycles. The quantitative estimate of drug-likeness (QED) is 0.535. The molecule has 0 aromatic rings. The molecule has 1 saturated heterocycles. The van der Waals surface area contributed by atoms with Gasteiger partial charge in [0.1, 0.15) is 0 Å². The second-order valence-electron chi connectivity index (χ2n) is 5.60. The Morgan fingerprint density at radius 3 is 2.61 bits per heavy atom. The second-order valence-corrected chi connectivity index (χ2v) is 5.60. The number of hydrogen-bond donors (Lipinski definition) is 1. The number of carbonyl (C=O) groups is 1. The lowest BCUT2D eigenvalue weighted by atomic mass is 9.87. The molecule has 4 nitrogen and oxygen atoms in total. The predicted molar refractivity (Wildman–Crippen MR) is 67.6 cm³/mol. The first-order valence-electron chi connectivity index (χ1n) is 7.18. The number of ether oxygens (including phenoxy) is 2. The molecule has 1 atom stereocenters. The first kappa shape index (κ1) is 13.8. The molecule has 18 heavy (non-hydrogen) atoms. The van der Waals surface area contributed by atoms with Crippen LogP contribution in [0.2, 0.25) is 0 Å². The van der Waals surface area contributed by atoms with Crippen LogP contribution in [0.4, 0.5) is 0 Å². The number of aliphatic carboxylic acids is 1. The van der Waals surface area contributed by atoms with E-state index >= 15 is 0 Å². The minimum Gasteiger partial charge on any atom is -0.479 e. The number of epoxide rings is 1. The van der Waals surface area contributed by atoms with Crippen LogP contribution in [0.5, 0.6) is 0 Å². The molecule has 1 aliphatic carbocycles. The molecule has 1 N–H and O–H groups in total. The van der Waals surface area contributed by atoms with Gasteiger partial charge >= 0.3 is 5.97 Å². The summed E-state index contributed by atoms with van der Waals surface area (Å²) in [6.07, 6.45) is 9.39. The summed E-state index contributed by atoms with van der Waals surface area (Å²) >= 11 is 0. The van der Waals surface area contributed by atoms with Gasteiger partial charge in [0.2, 0.25) is 0 Å². The molecule has 1 saturated carbocycles. The Kier molecular flexibility index (Phi) is 5.01. The molecule has 0 spiro atoms. The minimum atomic E-state index is -0.868. The highest BCUT2D eigenvalue weighted by Crippen LogP contribution is 2.32. The second kappa shape index (κ2) is 6.53. The molecule has 2 rings (SSSR count). The van der Waals surface area contributed by atoms with Crippen molar-refractivity contribution in [1.82, 2.24) is 0 Å². The SMILES string of the molecule is O=C(O)C1(CCCOCCC2CCCCC2)CO1. The van der Waals surface area contributed by atoms with E-state index < -0.39 is 11.6 Å². The Hall–Kier alpha value is -0.610. The van der Waals surface area contributed by atoms with Crippen LogP contribution in [0.25, 0.3) is 0 Å². The van der Waals surface area contributed by atoms with Crippen LogP contribution in [-0.4, -0.2) is 36.5 Å². The minimum absolute atomic E-state index is 0.365. The molecule has 0 radical (unpaired) electrons. The van der Waals surface area contributed by atoms with E-state index in [2.05, 4.69) is 0 Å². The molecule has 2 aliphatic rings. The molecule has 104 valence electrons. The van der Waals surface area contributed by atoms with E-state index in [1.54, 1.807) is 0 Å². The number of carboxylic acid groups (broad SMARTS) is 1. The zero-order valence-electron chi connectivity index (χ0n) is 11.0. The summed E-state index contributed by atoms with van der Waals surface area (Å²) in [6.45, 7) is 1.85. The van der Waals surface area contributed by atoms with E-state index in [1.807, 2.05) is 0 Å². The van der Waals surface area contributed by atoms with E-state index in [-0.39, 0.29) is 0 Å². The Labute approximate surface area is 109 Å². The van der Waals surface area contributed by atoms with Gasteiger partial charge < -0.3 is 14.6 Å². The van der Waals surface area contributed by atoms with Crippen LogP contribution in [0.1, 0.15) is 51.4 Å². The van der Waals surface area contributed by atoms with Crippen molar-refractivity contribution in [2.24, 2.45) is 5.92 Å². The van der Waals surface area contributed by atoms with Gasteiger partial charge in [-0.05, 0) is 25.2 Å². The highest BCUT2D eigenvalue weighted by molar-refractivity contribution is 5.80.